The highest BCUT2D eigenvalue weighted by Crippen LogP contribution is 2.35. The summed E-state index contributed by atoms with van der Waals surface area (Å²) in [6.07, 6.45) is 3.32. The Balaban J connectivity index is 1.67. The minimum Gasteiger partial charge on any atom is -0.497 e. The van der Waals surface area contributed by atoms with Gasteiger partial charge in [-0.25, -0.2) is 5.43 Å². The van der Waals surface area contributed by atoms with Crippen LogP contribution in [0.2, 0.25) is 10.0 Å². The van der Waals surface area contributed by atoms with Gasteiger partial charge in [-0.15, -0.1) is 6.58 Å². The van der Waals surface area contributed by atoms with Gasteiger partial charge in [-0.05, 0) is 67.4 Å². The summed E-state index contributed by atoms with van der Waals surface area (Å²) in [7, 11) is 1.55. The van der Waals surface area contributed by atoms with Crippen molar-refractivity contribution in [3.8, 4) is 17.2 Å². The Hall–Kier alpha value is -4.01. The fraction of sp³-hybridized carbons (Fsp3) is 0.207. The molecule has 0 heterocycles. The summed E-state index contributed by atoms with van der Waals surface area (Å²) in [5, 5.41) is 7.69. The van der Waals surface area contributed by atoms with Gasteiger partial charge in [0.25, 0.3) is 0 Å². The third-order valence-corrected chi connectivity index (χ3v) is 5.89. The molecule has 2 N–H and O–H groups in total. The SMILES string of the molecule is C=CCc1cc(C=NNC(=O)CC(=O)Nc2ccc(OC)cc2)cc(OCC)c1OCc1ccc(Cl)cc1Cl. The predicted molar refractivity (Wildman–Crippen MR) is 154 cm³/mol. The number of benzene rings is 3. The highest BCUT2D eigenvalue weighted by molar-refractivity contribution is 6.35. The molecule has 204 valence electrons. The zero-order valence-electron chi connectivity index (χ0n) is 21.6. The maximum Gasteiger partial charge on any atom is 0.249 e. The second kappa shape index (κ2) is 14.8. The maximum absolute atomic E-state index is 12.2. The molecule has 0 spiro atoms. The van der Waals surface area contributed by atoms with Crippen LogP contribution in [0.1, 0.15) is 30.0 Å². The molecular weight excluding hydrogens is 541 g/mol. The molecule has 0 atom stereocenters. The topological polar surface area (TPSA) is 98.3 Å². The van der Waals surface area contributed by atoms with Crippen molar-refractivity contribution in [1.82, 2.24) is 5.43 Å². The Labute approximate surface area is 237 Å². The minimum atomic E-state index is -0.562. The number of carbonyl (C=O) groups excluding carboxylic acids is 2. The number of nitrogens with zero attached hydrogens (tertiary/aromatic N) is 1. The molecule has 0 unspecified atom stereocenters. The van der Waals surface area contributed by atoms with E-state index in [0.717, 1.165) is 11.1 Å². The number of hydrogen-bond donors (Lipinski definition) is 2. The Morgan fingerprint density at radius 2 is 1.77 bits per heavy atom. The molecule has 3 rings (SSSR count). The van der Waals surface area contributed by atoms with Crippen molar-refractivity contribution in [2.75, 3.05) is 19.0 Å². The van der Waals surface area contributed by atoms with Crippen molar-refractivity contribution in [2.24, 2.45) is 5.10 Å². The molecule has 3 aromatic rings. The Bertz CT molecular complexity index is 1340. The number of hydrazone groups is 1. The number of methoxy groups -OCH3 is 1. The number of allylic oxidation sites excluding steroid dienone is 1. The van der Waals surface area contributed by atoms with Crippen LogP contribution in [0, 0.1) is 0 Å². The number of halogens is 2. The summed E-state index contributed by atoms with van der Waals surface area (Å²) >= 11 is 12.3. The number of rotatable bonds is 13. The Morgan fingerprint density at radius 3 is 2.44 bits per heavy atom. The van der Waals surface area contributed by atoms with E-state index in [4.69, 9.17) is 37.4 Å². The van der Waals surface area contributed by atoms with Gasteiger partial charge in [0.15, 0.2) is 11.5 Å². The molecule has 0 saturated carbocycles. The zero-order valence-corrected chi connectivity index (χ0v) is 23.1. The normalized spacial score (nSPS) is 10.7. The number of hydrogen-bond acceptors (Lipinski definition) is 6. The summed E-state index contributed by atoms with van der Waals surface area (Å²) in [5.41, 5.74) is 5.18. The van der Waals surface area contributed by atoms with E-state index in [-0.39, 0.29) is 6.61 Å². The molecule has 0 aliphatic rings. The van der Waals surface area contributed by atoms with E-state index in [0.29, 0.717) is 51.6 Å². The molecule has 0 bridgehead atoms. The van der Waals surface area contributed by atoms with Crippen molar-refractivity contribution in [3.05, 3.63) is 94.0 Å². The third-order valence-electron chi connectivity index (χ3n) is 5.30. The molecule has 0 fully saturated rings. The Morgan fingerprint density at radius 1 is 1.00 bits per heavy atom. The van der Waals surface area contributed by atoms with Crippen LogP contribution in [0.3, 0.4) is 0 Å². The lowest BCUT2D eigenvalue weighted by Gasteiger charge is -2.17. The third kappa shape index (κ3) is 9.05. The summed E-state index contributed by atoms with van der Waals surface area (Å²) in [5.74, 6) is 0.692. The van der Waals surface area contributed by atoms with Gasteiger partial charge in [-0.1, -0.05) is 35.3 Å². The molecular formula is C29H29Cl2N3O5. The van der Waals surface area contributed by atoms with Crippen molar-refractivity contribution in [1.29, 1.82) is 0 Å². The van der Waals surface area contributed by atoms with Crippen molar-refractivity contribution >= 4 is 46.9 Å². The fourth-order valence-corrected chi connectivity index (χ4v) is 3.99. The van der Waals surface area contributed by atoms with Gasteiger partial charge >= 0.3 is 0 Å². The predicted octanol–water partition coefficient (Wildman–Crippen LogP) is 6.19. The average molecular weight is 570 g/mol. The van der Waals surface area contributed by atoms with Crippen molar-refractivity contribution < 1.29 is 23.8 Å². The highest BCUT2D eigenvalue weighted by atomic mass is 35.5. The van der Waals surface area contributed by atoms with E-state index >= 15 is 0 Å². The van der Waals surface area contributed by atoms with Crippen LogP contribution in [-0.2, 0) is 22.6 Å². The highest BCUT2D eigenvalue weighted by Gasteiger charge is 2.15. The number of carbonyl (C=O) groups is 2. The lowest BCUT2D eigenvalue weighted by atomic mass is 10.1. The van der Waals surface area contributed by atoms with E-state index in [1.54, 1.807) is 61.7 Å². The molecule has 8 nitrogen and oxygen atoms in total. The van der Waals surface area contributed by atoms with E-state index < -0.39 is 18.2 Å². The van der Waals surface area contributed by atoms with E-state index in [9.17, 15) is 9.59 Å². The lowest BCUT2D eigenvalue weighted by molar-refractivity contribution is -0.126. The number of anilines is 1. The van der Waals surface area contributed by atoms with Gasteiger partial charge in [0.2, 0.25) is 11.8 Å². The molecule has 39 heavy (non-hydrogen) atoms. The van der Waals surface area contributed by atoms with Crippen LogP contribution < -0.4 is 25.0 Å². The fourth-order valence-electron chi connectivity index (χ4n) is 3.52. The van der Waals surface area contributed by atoms with Gasteiger partial charge in [-0.2, -0.15) is 5.10 Å². The van der Waals surface area contributed by atoms with Crippen LogP contribution >= 0.6 is 23.2 Å². The second-order valence-electron chi connectivity index (χ2n) is 8.20. The molecule has 0 aliphatic carbocycles. The quantitative estimate of drug-likeness (QED) is 0.111. The van der Waals surface area contributed by atoms with Crippen LogP contribution in [0.5, 0.6) is 17.2 Å². The van der Waals surface area contributed by atoms with Crippen LogP contribution in [-0.4, -0.2) is 31.7 Å². The van der Waals surface area contributed by atoms with Gasteiger partial charge in [0.1, 0.15) is 18.8 Å². The first-order valence-corrected chi connectivity index (χ1v) is 12.8. The van der Waals surface area contributed by atoms with E-state index in [2.05, 4.69) is 22.4 Å². The van der Waals surface area contributed by atoms with E-state index in [1.165, 1.54) is 6.21 Å². The summed E-state index contributed by atoms with van der Waals surface area (Å²) in [6.45, 7) is 6.31. The summed E-state index contributed by atoms with van der Waals surface area (Å²) in [6, 6.07) is 15.6. The molecule has 3 aromatic carbocycles. The first-order valence-electron chi connectivity index (χ1n) is 12.1. The van der Waals surface area contributed by atoms with Gasteiger partial charge in [0.05, 0.1) is 19.9 Å². The average Bonchev–Trinajstić information content (AvgIpc) is 2.90. The van der Waals surface area contributed by atoms with Gasteiger partial charge < -0.3 is 19.5 Å². The largest absolute Gasteiger partial charge is 0.497 e. The van der Waals surface area contributed by atoms with Crippen molar-refractivity contribution in [3.63, 3.8) is 0 Å². The minimum absolute atomic E-state index is 0.211. The van der Waals surface area contributed by atoms with Gasteiger partial charge in [-0.3, -0.25) is 9.59 Å². The summed E-state index contributed by atoms with van der Waals surface area (Å²) in [4.78, 5) is 24.4. The molecule has 2 amide bonds. The maximum atomic E-state index is 12.2. The first kappa shape index (κ1) is 29.5. The Kier molecular flexibility index (Phi) is 11.2. The molecule has 0 aliphatic heterocycles. The second-order valence-corrected chi connectivity index (χ2v) is 9.05. The van der Waals surface area contributed by atoms with Crippen molar-refractivity contribution in [2.45, 2.75) is 26.4 Å². The van der Waals surface area contributed by atoms with E-state index in [1.807, 2.05) is 13.0 Å². The smallest absolute Gasteiger partial charge is 0.249 e. The number of amides is 2. The number of nitrogens with one attached hydrogen (secondary N) is 2. The first-order chi connectivity index (χ1) is 18.8. The molecule has 0 aromatic heterocycles. The standard InChI is InChI=1S/C29H29Cl2N3O5/c1-4-6-20-13-19(14-26(38-5-2)29(20)39-18-21-7-8-22(30)15-25(21)31)17-32-34-28(36)16-27(35)33-23-9-11-24(37-3)12-10-23/h4,7-15,17H,1,5-6,16,18H2,2-3H3,(H,33,35)(H,34,36). The summed E-state index contributed by atoms with van der Waals surface area (Å²) < 4.78 is 17.0. The molecule has 0 saturated heterocycles. The van der Waals surface area contributed by atoms with Gasteiger partial charge in [0, 0.05) is 26.9 Å². The van der Waals surface area contributed by atoms with Crippen LogP contribution in [0.25, 0.3) is 0 Å². The van der Waals surface area contributed by atoms with Crippen LogP contribution in [0.4, 0.5) is 5.69 Å². The lowest BCUT2D eigenvalue weighted by Crippen LogP contribution is -2.24. The molecule has 0 radical (unpaired) electrons. The number of ether oxygens (including phenoxy) is 3. The van der Waals surface area contributed by atoms with Crippen LogP contribution in [0.15, 0.2) is 72.4 Å². The zero-order chi connectivity index (χ0) is 28.2. The monoisotopic (exact) mass is 569 g/mol. The molecule has 10 heteroatoms.